The van der Waals surface area contributed by atoms with Gasteiger partial charge in [-0.25, -0.2) is 0 Å². The third kappa shape index (κ3) is 6.80. The van der Waals surface area contributed by atoms with Gasteiger partial charge in [0.05, 0.1) is 0 Å². The van der Waals surface area contributed by atoms with Crippen LogP contribution in [0.4, 0.5) is 0 Å². The zero-order chi connectivity index (χ0) is 4.99. The number of methoxy groups -OCH3 is 2. The molecule has 0 N–H and O–H groups in total. The van der Waals surface area contributed by atoms with Crippen LogP contribution < -0.4 is 0 Å². The molecule has 0 aliphatic heterocycles. The third-order valence-electron chi connectivity index (χ3n) is 0.575. The van der Waals surface area contributed by atoms with Crippen LogP contribution in [0.1, 0.15) is 6.92 Å². The molecule has 0 heterocycles. The van der Waals surface area contributed by atoms with Gasteiger partial charge in [0.25, 0.3) is 0 Å². The van der Waals surface area contributed by atoms with Crippen LogP contribution in [0.2, 0.25) is 0 Å². The molecule has 0 rings (SSSR count). The van der Waals surface area contributed by atoms with Gasteiger partial charge >= 0.3 is 0 Å². The van der Waals surface area contributed by atoms with Crippen molar-refractivity contribution in [2.45, 2.75) is 6.92 Å². The van der Waals surface area contributed by atoms with E-state index < -0.39 is 0 Å². The SMILES string of the molecule is CO[C-](C)OC.[Zr]. The van der Waals surface area contributed by atoms with Gasteiger partial charge in [0, 0.05) is 40.4 Å². The summed E-state index contributed by atoms with van der Waals surface area (Å²) < 4.78 is 9.19. The summed E-state index contributed by atoms with van der Waals surface area (Å²) >= 11 is 0. The molecule has 0 aliphatic rings. The Labute approximate surface area is 63.3 Å². The summed E-state index contributed by atoms with van der Waals surface area (Å²) in [5, 5.41) is 0. The number of hydrogen-bond donors (Lipinski definition) is 0. The minimum absolute atomic E-state index is 0. The monoisotopic (exact) mass is 179 g/mol. The van der Waals surface area contributed by atoms with Crippen LogP contribution in [0.15, 0.2) is 0 Å². The van der Waals surface area contributed by atoms with Crippen molar-refractivity contribution in [3.63, 3.8) is 0 Å². The van der Waals surface area contributed by atoms with Crippen LogP contribution >= 0.6 is 0 Å². The molecular formula is C4H9O2Zr-. The molecule has 0 bridgehead atoms. The molecule has 0 saturated carbocycles. The van der Waals surface area contributed by atoms with E-state index in [0.29, 0.717) is 6.29 Å². The van der Waals surface area contributed by atoms with E-state index >= 15 is 0 Å². The molecule has 0 saturated heterocycles. The van der Waals surface area contributed by atoms with E-state index in [-0.39, 0.29) is 26.2 Å². The van der Waals surface area contributed by atoms with E-state index in [1.54, 1.807) is 21.1 Å². The molecule has 0 aliphatic carbocycles. The Kier molecular flexibility index (Phi) is 10.4. The largest absolute Gasteiger partial charge is 0.524 e. The van der Waals surface area contributed by atoms with Crippen molar-refractivity contribution in [2.75, 3.05) is 14.2 Å². The first-order chi connectivity index (χ1) is 2.81. The third-order valence-corrected chi connectivity index (χ3v) is 0.575. The van der Waals surface area contributed by atoms with Crippen molar-refractivity contribution in [3.05, 3.63) is 6.29 Å². The minimum Gasteiger partial charge on any atom is -0.524 e. The van der Waals surface area contributed by atoms with Crippen molar-refractivity contribution in [3.8, 4) is 0 Å². The maximum Gasteiger partial charge on any atom is 0.00126 e. The molecule has 0 spiro atoms. The minimum atomic E-state index is 0. The molecule has 0 radical (unpaired) electrons. The number of rotatable bonds is 2. The Morgan fingerprint density at radius 2 is 1.43 bits per heavy atom. The van der Waals surface area contributed by atoms with Gasteiger partial charge in [-0.05, 0) is 0 Å². The summed E-state index contributed by atoms with van der Waals surface area (Å²) in [7, 11) is 3.14. The van der Waals surface area contributed by atoms with E-state index in [0.717, 1.165) is 0 Å². The second-order valence-corrected chi connectivity index (χ2v) is 0.900. The van der Waals surface area contributed by atoms with Crippen molar-refractivity contribution in [1.82, 2.24) is 0 Å². The van der Waals surface area contributed by atoms with Gasteiger partial charge in [-0.2, -0.15) is 0 Å². The average molecular weight is 180 g/mol. The molecule has 7 heavy (non-hydrogen) atoms. The number of ether oxygens (including phenoxy) is 2. The van der Waals surface area contributed by atoms with Gasteiger partial charge in [0.1, 0.15) is 0 Å². The van der Waals surface area contributed by atoms with Crippen LogP contribution in [-0.4, -0.2) is 14.2 Å². The maximum absolute atomic E-state index is 4.59. The van der Waals surface area contributed by atoms with Crippen molar-refractivity contribution >= 4 is 0 Å². The van der Waals surface area contributed by atoms with Gasteiger partial charge < -0.3 is 9.47 Å². The molecule has 0 aromatic carbocycles. The molecule has 3 heteroatoms. The van der Waals surface area contributed by atoms with E-state index in [1.165, 1.54) is 0 Å². The molecule has 42 valence electrons. The van der Waals surface area contributed by atoms with Crippen molar-refractivity contribution in [2.24, 2.45) is 0 Å². The molecular weight excluding hydrogens is 171 g/mol. The first-order valence-electron chi connectivity index (χ1n) is 1.72. The van der Waals surface area contributed by atoms with Gasteiger partial charge in [0.15, 0.2) is 0 Å². The van der Waals surface area contributed by atoms with Crippen LogP contribution in [0.3, 0.4) is 0 Å². The second-order valence-electron chi connectivity index (χ2n) is 0.900. The van der Waals surface area contributed by atoms with E-state index in [4.69, 9.17) is 0 Å². The fourth-order valence-corrected chi connectivity index (χ4v) is 0.0833. The molecule has 0 fully saturated rings. The fourth-order valence-electron chi connectivity index (χ4n) is 0.0833. The predicted octanol–water partition coefficient (Wildman–Crippen LogP) is 0.786. The quantitative estimate of drug-likeness (QED) is 0.585. The van der Waals surface area contributed by atoms with Gasteiger partial charge in [0.2, 0.25) is 0 Å². The van der Waals surface area contributed by atoms with E-state index in [2.05, 4.69) is 9.47 Å². The molecule has 0 aromatic rings. The van der Waals surface area contributed by atoms with Gasteiger partial charge in [-0.3, -0.25) is 0 Å². The number of hydrogen-bond acceptors (Lipinski definition) is 2. The second kappa shape index (κ2) is 6.80. The fraction of sp³-hybridized carbons (Fsp3) is 0.750. The molecule has 0 amide bonds. The maximum atomic E-state index is 4.59. The summed E-state index contributed by atoms with van der Waals surface area (Å²) in [6, 6.07) is 0. The van der Waals surface area contributed by atoms with E-state index in [1.807, 2.05) is 0 Å². The van der Waals surface area contributed by atoms with Crippen molar-refractivity contribution < 1.29 is 35.7 Å². The van der Waals surface area contributed by atoms with E-state index in [9.17, 15) is 0 Å². The average Bonchev–Trinajstić information content (AvgIpc) is 1.65. The molecule has 0 atom stereocenters. The Bertz CT molecular complexity index is 28.9. The first-order valence-corrected chi connectivity index (χ1v) is 1.72. The van der Waals surface area contributed by atoms with Crippen LogP contribution in [0.5, 0.6) is 0 Å². The van der Waals surface area contributed by atoms with Gasteiger partial charge in [-0.1, -0.05) is 6.29 Å². The standard InChI is InChI=1S/C4H9O2.Zr/c1-4(5-2)6-3;/h1-3H3;/q-1;. The molecule has 0 aromatic heterocycles. The van der Waals surface area contributed by atoms with Crippen LogP contribution in [0, 0.1) is 6.29 Å². The summed E-state index contributed by atoms with van der Waals surface area (Å²) in [5.41, 5.74) is 0. The van der Waals surface area contributed by atoms with Gasteiger partial charge in [-0.15, -0.1) is 6.92 Å². The Balaban J connectivity index is 0. The topological polar surface area (TPSA) is 18.5 Å². The Morgan fingerprint density at radius 1 is 1.14 bits per heavy atom. The summed E-state index contributed by atoms with van der Waals surface area (Å²) in [6.45, 7) is 1.75. The van der Waals surface area contributed by atoms with Crippen molar-refractivity contribution in [1.29, 1.82) is 0 Å². The Hall–Kier alpha value is 0.803. The zero-order valence-electron chi connectivity index (χ0n) is 4.82. The molecule has 0 unspecified atom stereocenters. The van der Waals surface area contributed by atoms with Crippen LogP contribution in [-0.2, 0) is 35.7 Å². The van der Waals surface area contributed by atoms with Crippen LogP contribution in [0.25, 0.3) is 0 Å². The Morgan fingerprint density at radius 3 is 1.43 bits per heavy atom. The summed E-state index contributed by atoms with van der Waals surface area (Å²) in [5.74, 6) is 0. The normalized spacial score (nSPS) is 8.57. The zero-order valence-corrected chi connectivity index (χ0v) is 7.27. The smallest absolute Gasteiger partial charge is 0.00126 e. The first kappa shape index (κ1) is 10.7. The predicted molar refractivity (Wildman–Crippen MR) is 22.9 cm³/mol. The summed E-state index contributed by atoms with van der Waals surface area (Å²) in [6.07, 6.45) is 0.593. The molecule has 2 nitrogen and oxygen atoms in total. The summed E-state index contributed by atoms with van der Waals surface area (Å²) in [4.78, 5) is 0.